The van der Waals surface area contributed by atoms with E-state index >= 15 is 0 Å². The number of benzene rings is 4. The van der Waals surface area contributed by atoms with Crippen LogP contribution < -0.4 is 9.62 Å². The molecule has 0 saturated heterocycles. The van der Waals surface area contributed by atoms with Gasteiger partial charge in [-0.1, -0.05) is 96.0 Å². The third kappa shape index (κ3) is 8.66. The fourth-order valence-electron chi connectivity index (χ4n) is 4.92. The molecule has 4 rings (SSSR count). The summed E-state index contributed by atoms with van der Waals surface area (Å²) in [5.74, 6) is -0.957. The first kappa shape index (κ1) is 34.0. The van der Waals surface area contributed by atoms with Crippen LogP contribution in [0.25, 0.3) is 0 Å². The van der Waals surface area contributed by atoms with Crippen LogP contribution in [0.1, 0.15) is 37.5 Å². The van der Waals surface area contributed by atoms with Gasteiger partial charge in [0.25, 0.3) is 10.0 Å². The van der Waals surface area contributed by atoms with E-state index in [1.165, 1.54) is 17.0 Å². The van der Waals surface area contributed by atoms with Gasteiger partial charge in [-0.15, -0.1) is 0 Å². The number of anilines is 1. The highest BCUT2D eigenvalue weighted by molar-refractivity contribution is 7.92. The van der Waals surface area contributed by atoms with E-state index < -0.39 is 34.1 Å². The topological polar surface area (TPSA) is 86.8 Å². The zero-order valence-corrected chi connectivity index (χ0v) is 28.0. The van der Waals surface area contributed by atoms with E-state index in [-0.39, 0.29) is 29.5 Å². The highest BCUT2D eigenvalue weighted by Gasteiger charge is 2.36. The van der Waals surface area contributed by atoms with Crippen LogP contribution >= 0.6 is 23.2 Å². The van der Waals surface area contributed by atoms with E-state index in [2.05, 4.69) is 5.32 Å². The van der Waals surface area contributed by atoms with Gasteiger partial charge in [0, 0.05) is 28.5 Å². The Morgan fingerprint density at radius 1 is 0.800 bits per heavy atom. The van der Waals surface area contributed by atoms with Crippen molar-refractivity contribution < 1.29 is 18.0 Å². The molecule has 1 unspecified atom stereocenters. The monoisotopic (exact) mass is 665 g/mol. The van der Waals surface area contributed by atoms with Crippen LogP contribution in [0.5, 0.6) is 0 Å². The molecule has 4 aromatic rings. The highest BCUT2D eigenvalue weighted by Crippen LogP contribution is 2.31. The van der Waals surface area contributed by atoms with Gasteiger partial charge in [0.2, 0.25) is 11.8 Å². The molecule has 236 valence electrons. The van der Waals surface area contributed by atoms with Crippen LogP contribution in [-0.4, -0.2) is 43.3 Å². The van der Waals surface area contributed by atoms with Gasteiger partial charge in [-0.25, -0.2) is 8.42 Å². The summed E-state index contributed by atoms with van der Waals surface area (Å²) in [5, 5.41) is 3.79. The molecular formula is C35H37Cl2N3O4S. The molecule has 1 atom stereocenters. The van der Waals surface area contributed by atoms with Gasteiger partial charge in [-0.2, -0.15) is 0 Å². The minimum atomic E-state index is -4.24. The first-order chi connectivity index (χ1) is 21.3. The normalized spacial score (nSPS) is 12.3. The Balaban J connectivity index is 1.85. The number of nitrogens with one attached hydrogen (secondary N) is 1. The molecule has 1 N–H and O–H groups in total. The van der Waals surface area contributed by atoms with Crippen LogP contribution in [0.3, 0.4) is 0 Å². The van der Waals surface area contributed by atoms with Crippen LogP contribution in [0.15, 0.2) is 108 Å². The van der Waals surface area contributed by atoms with E-state index in [4.69, 9.17) is 23.2 Å². The largest absolute Gasteiger partial charge is 0.350 e. The van der Waals surface area contributed by atoms with Crippen molar-refractivity contribution in [2.75, 3.05) is 10.8 Å². The zero-order chi connectivity index (χ0) is 32.8. The lowest BCUT2D eigenvalue weighted by molar-refractivity contribution is -0.140. The van der Waals surface area contributed by atoms with Crippen molar-refractivity contribution in [2.45, 2.75) is 57.1 Å². The van der Waals surface area contributed by atoms with Gasteiger partial charge in [0.15, 0.2) is 0 Å². The summed E-state index contributed by atoms with van der Waals surface area (Å²) in [4.78, 5) is 30.0. The number of nitrogens with zero attached hydrogens (tertiary/aromatic N) is 2. The van der Waals surface area contributed by atoms with Crippen LogP contribution in [0.4, 0.5) is 5.69 Å². The van der Waals surface area contributed by atoms with Gasteiger partial charge in [0.1, 0.15) is 12.6 Å². The first-order valence-electron chi connectivity index (χ1n) is 14.5. The lowest BCUT2D eigenvalue weighted by atomic mass is 10.0. The minimum absolute atomic E-state index is 0.0149. The minimum Gasteiger partial charge on any atom is -0.350 e. The fraction of sp³-hybridized carbons (Fsp3) is 0.257. The summed E-state index contributed by atoms with van der Waals surface area (Å²) in [6.07, 6.45) is 0.195. The third-order valence-corrected chi connectivity index (χ3v) is 9.74. The maximum atomic E-state index is 14.6. The number of carbonyl (C=O) groups excluding carboxylic acids is 2. The molecule has 2 amide bonds. The van der Waals surface area contributed by atoms with Crippen LogP contribution in [0, 0.1) is 6.92 Å². The molecule has 0 aliphatic rings. The Hall–Kier alpha value is -3.85. The first-order valence-corrected chi connectivity index (χ1v) is 16.7. The standard InChI is InChI=1S/C35H37Cl2N3O4S/c1-25-29(36)20-13-21-31(25)40(45(43,44)28-17-9-6-10-18-28)24-33(41)39(23-27-16-11-12-19-30(27)37)32(34(42)38-35(2,3)4)22-26-14-7-5-8-15-26/h5-21,32H,22-24H2,1-4H3,(H,38,42). The number of hydrogen-bond donors (Lipinski definition) is 1. The van der Waals surface area contributed by atoms with E-state index in [1.54, 1.807) is 67.6 Å². The molecule has 0 radical (unpaired) electrons. The Kier molecular flexibility index (Phi) is 11.0. The van der Waals surface area contributed by atoms with Crippen molar-refractivity contribution in [1.29, 1.82) is 0 Å². The van der Waals surface area contributed by atoms with Crippen molar-refractivity contribution in [3.8, 4) is 0 Å². The molecule has 0 aliphatic carbocycles. The van der Waals surface area contributed by atoms with Gasteiger partial charge in [-0.05, 0) is 74.7 Å². The molecule has 4 aromatic carbocycles. The third-order valence-electron chi connectivity index (χ3n) is 7.19. The van der Waals surface area contributed by atoms with E-state index in [0.29, 0.717) is 21.2 Å². The van der Waals surface area contributed by atoms with Crippen LogP contribution in [0.2, 0.25) is 10.0 Å². The van der Waals surface area contributed by atoms with Crippen LogP contribution in [-0.2, 0) is 32.6 Å². The lowest BCUT2D eigenvalue weighted by Crippen LogP contribution is -2.56. The summed E-state index contributed by atoms with van der Waals surface area (Å²) in [5.41, 5.74) is 1.62. The molecule has 45 heavy (non-hydrogen) atoms. The van der Waals surface area contributed by atoms with E-state index in [9.17, 15) is 18.0 Å². The number of carbonyl (C=O) groups is 2. The fourth-order valence-corrected chi connectivity index (χ4v) is 6.77. The molecule has 10 heteroatoms. The molecule has 0 saturated carbocycles. The van der Waals surface area contributed by atoms with E-state index in [0.717, 1.165) is 9.87 Å². The summed E-state index contributed by atoms with van der Waals surface area (Å²) in [7, 11) is -4.24. The summed E-state index contributed by atoms with van der Waals surface area (Å²) < 4.78 is 29.4. The molecule has 0 spiro atoms. The predicted octanol–water partition coefficient (Wildman–Crippen LogP) is 7.05. The average Bonchev–Trinajstić information content (AvgIpc) is 3.00. The van der Waals surface area contributed by atoms with Gasteiger partial charge >= 0.3 is 0 Å². The Labute approximate surface area is 275 Å². The number of sulfonamides is 1. The molecule has 0 aromatic heterocycles. The highest BCUT2D eigenvalue weighted by atomic mass is 35.5. The van der Waals surface area contributed by atoms with Gasteiger partial charge in [-0.3, -0.25) is 13.9 Å². The second-order valence-corrected chi connectivity index (χ2v) is 14.4. The Bertz CT molecular complexity index is 1740. The average molecular weight is 667 g/mol. The smallest absolute Gasteiger partial charge is 0.264 e. The van der Waals surface area contributed by atoms with E-state index in [1.807, 2.05) is 51.1 Å². The molecule has 7 nitrogen and oxygen atoms in total. The molecular weight excluding hydrogens is 629 g/mol. The van der Waals surface area contributed by atoms with Crippen molar-refractivity contribution in [3.63, 3.8) is 0 Å². The predicted molar refractivity (Wildman–Crippen MR) is 181 cm³/mol. The second-order valence-electron chi connectivity index (χ2n) is 11.8. The van der Waals surface area contributed by atoms with Gasteiger partial charge in [0.05, 0.1) is 10.6 Å². The zero-order valence-electron chi connectivity index (χ0n) is 25.7. The van der Waals surface area contributed by atoms with Crippen molar-refractivity contribution in [2.24, 2.45) is 0 Å². The number of rotatable bonds is 11. The maximum absolute atomic E-state index is 14.6. The van der Waals surface area contributed by atoms with Gasteiger partial charge < -0.3 is 10.2 Å². The van der Waals surface area contributed by atoms with Crippen molar-refractivity contribution in [1.82, 2.24) is 10.2 Å². The number of amides is 2. The number of hydrogen-bond acceptors (Lipinski definition) is 4. The maximum Gasteiger partial charge on any atom is 0.264 e. The Morgan fingerprint density at radius 2 is 1.38 bits per heavy atom. The molecule has 0 bridgehead atoms. The summed E-state index contributed by atoms with van der Waals surface area (Å²) in [6, 6.07) is 28.3. The summed E-state index contributed by atoms with van der Waals surface area (Å²) >= 11 is 13.0. The van der Waals surface area contributed by atoms with Crippen molar-refractivity contribution >= 4 is 50.7 Å². The lowest BCUT2D eigenvalue weighted by Gasteiger charge is -2.35. The quantitative estimate of drug-likeness (QED) is 0.186. The molecule has 0 fully saturated rings. The van der Waals surface area contributed by atoms with Crippen molar-refractivity contribution in [3.05, 3.63) is 130 Å². The SMILES string of the molecule is Cc1c(Cl)cccc1N(CC(=O)N(Cc1ccccc1Cl)C(Cc1ccccc1)C(=O)NC(C)(C)C)S(=O)(=O)c1ccccc1. The summed E-state index contributed by atoms with van der Waals surface area (Å²) in [6.45, 7) is 6.67. The molecule has 0 aliphatic heterocycles. The Morgan fingerprint density at radius 3 is 2.00 bits per heavy atom. The number of halogens is 2. The molecule has 0 heterocycles. The second kappa shape index (κ2) is 14.5.